The Hall–Kier alpha value is -7.60. The maximum absolute atomic E-state index is 14.5. The van der Waals surface area contributed by atoms with Gasteiger partial charge in [-0.15, -0.1) is 0 Å². The van der Waals surface area contributed by atoms with Gasteiger partial charge in [0.25, 0.3) is 5.91 Å². The predicted octanol–water partition coefficient (Wildman–Crippen LogP) is 5.49. The van der Waals surface area contributed by atoms with Gasteiger partial charge in [0.1, 0.15) is 29.9 Å². The summed E-state index contributed by atoms with van der Waals surface area (Å²) in [6, 6.07) is 39.9. The van der Waals surface area contributed by atoms with E-state index in [-0.39, 0.29) is 25.7 Å². The summed E-state index contributed by atoms with van der Waals surface area (Å²) in [4.78, 5) is 73.1. The Bertz CT molecular complexity index is 2450. The third-order valence-corrected chi connectivity index (χ3v) is 10.7. The van der Waals surface area contributed by atoms with Crippen LogP contribution >= 0.6 is 0 Å². The molecular weight excluding hydrogens is 783 g/mol. The lowest BCUT2D eigenvalue weighted by Crippen LogP contribution is -2.59. The van der Waals surface area contributed by atoms with Gasteiger partial charge in [-0.3, -0.25) is 24.2 Å². The van der Waals surface area contributed by atoms with Gasteiger partial charge in [-0.05, 0) is 81.6 Å². The molecule has 3 heterocycles. The standard InChI is InChI=1S/C50H47N5O7/c56-46-32-62-41-22-15-36(16-23-41)31-45(50(60)61)55-47(57)42(24-17-33-7-3-1-4-8-33)53-49(59)44(30-35-11-18-38(19-12-35)37-9-5-2-6-10-37)54-48(58)43(52-46)29-34-13-20-39(21-14-34)40-25-27-51-28-26-40/h1-16,18-23,25-28,42-45H,17,24,29-32H2,(H,52,56)(H,53,59)(H,54,58)(H,55,57)(H,60,61). The highest BCUT2D eigenvalue weighted by Gasteiger charge is 2.32. The lowest BCUT2D eigenvalue weighted by atomic mass is 9.98. The van der Waals surface area contributed by atoms with Crippen molar-refractivity contribution in [3.63, 3.8) is 0 Å². The third-order valence-electron chi connectivity index (χ3n) is 10.7. The molecule has 314 valence electrons. The summed E-state index contributed by atoms with van der Waals surface area (Å²) in [7, 11) is 0. The van der Waals surface area contributed by atoms with Crippen molar-refractivity contribution in [1.82, 2.24) is 26.3 Å². The summed E-state index contributed by atoms with van der Waals surface area (Å²) in [5.41, 5.74) is 6.88. The number of hydrogen-bond acceptors (Lipinski definition) is 7. The maximum atomic E-state index is 14.5. The van der Waals surface area contributed by atoms with E-state index in [0.29, 0.717) is 17.7 Å². The summed E-state index contributed by atoms with van der Waals surface area (Å²) in [6.45, 7) is -0.418. The van der Waals surface area contributed by atoms with E-state index in [1.54, 1.807) is 36.7 Å². The number of nitrogens with one attached hydrogen (secondary N) is 4. The lowest BCUT2D eigenvalue weighted by molar-refractivity contribution is -0.142. The van der Waals surface area contributed by atoms with Crippen molar-refractivity contribution < 1.29 is 33.8 Å². The van der Waals surface area contributed by atoms with Crippen LogP contribution in [0.3, 0.4) is 0 Å². The number of carbonyl (C=O) groups is 5. The van der Waals surface area contributed by atoms with Crippen LogP contribution in [0.2, 0.25) is 0 Å². The molecule has 62 heavy (non-hydrogen) atoms. The summed E-state index contributed by atoms with van der Waals surface area (Å²) in [5, 5.41) is 21.4. The molecule has 0 spiro atoms. The largest absolute Gasteiger partial charge is 0.484 e. The van der Waals surface area contributed by atoms with Crippen LogP contribution in [-0.4, -0.2) is 70.5 Å². The fraction of sp³-hybridized carbons (Fsp3) is 0.200. The third kappa shape index (κ3) is 11.8. The summed E-state index contributed by atoms with van der Waals surface area (Å²) >= 11 is 0. The Morgan fingerprint density at radius 3 is 1.63 bits per heavy atom. The van der Waals surface area contributed by atoms with E-state index in [4.69, 9.17) is 4.74 Å². The monoisotopic (exact) mass is 829 g/mol. The van der Waals surface area contributed by atoms with Crippen LogP contribution < -0.4 is 26.0 Å². The minimum absolute atomic E-state index is 0.0375. The van der Waals surface area contributed by atoms with E-state index in [2.05, 4.69) is 26.3 Å². The molecule has 4 amide bonds. The Morgan fingerprint density at radius 2 is 1.05 bits per heavy atom. The molecule has 2 aliphatic heterocycles. The smallest absolute Gasteiger partial charge is 0.326 e. The molecular formula is C50H47N5O7. The molecule has 8 rings (SSSR count). The number of nitrogens with zero attached hydrogens (tertiary/aromatic N) is 1. The molecule has 12 heteroatoms. The molecule has 0 saturated carbocycles. The number of fused-ring (bicyclic) bond motifs is 16. The Labute approximate surface area is 359 Å². The number of aromatic nitrogens is 1. The van der Waals surface area contributed by atoms with Gasteiger partial charge < -0.3 is 31.1 Å². The van der Waals surface area contributed by atoms with Crippen molar-refractivity contribution in [2.24, 2.45) is 0 Å². The molecule has 0 aliphatic carbocycles. The molecule has 5 aromatic carbocycles. The summed E-state index contributed by atoms with van der Waals surface area (Å²) in [5.74, 6) is -3.45. The van der Waals surface area contributed by atoms with Gasteiger partial charge in [0.05, 0.1) is 0 Å². The molecule has 0 saturated heterocycles. The van der Waals surface area contributed by atoms with Gasteiger partial charge in [-0.25, -0.2) is 4.79 Å². The van der Waals surface area contributed by atoms with Crippen molar-refractivity contribution in [1.29, 1.82) is 0 Å². The number of pyridine rings is 1. The minimum Gasteiger partial charge on any atom is -0.484 e. The van der Waals surface area contributed by atoms with Crippen molar-refractivity contribution >= 4 is 29.6 Å². The van der Waals surface area contributed by atoms with Crippen LogP contribution in [0.25, 0.3) is 22.3 Å². The van der Waals surface area contributed by atoms with Crippen LogP contribution in [0.15, 0.2) is 158 Å². The Kier molecular flexibility index (Phi) is 14.1. The molecule has 0 radical (unpaired) electrons. The fourth-order valence-electron chi connectivity index (χ4n) is 7.32. The molecule has 6 aromatic rings. The summed E-state index contributed by atoms with van der Waals surface area (Å²) in [6.07, 6.45) is 4.02. The molecule has 1 aromatic heterocycles. The zero-order chi connectivity index (χ0) is 43.3. The second-order valence-corrected chi connectivity index (χ2v) is 15.2. The second-order valence-electron chi connectivity index (χ2n) is 15.2. The minimum atomic E-state index is -1.32. The first kappa shape index (κ1) is 42.5. The van der Waals surface area contributed by atoms with Crippen molar-refractivity contribution in [2.75, 3.05) is 6.61 Å². The first-order valence-electron chi connectivity index (χ1n) is 20.5. The van der Waals surface area contributed by atoms with E-state index in [9.17, 15) is 29.1 Å². The number of carbonyl (C=O) groups excluding carboxylic acids is 4. The number of hydrogen-bond donors (Lipinski definition) is 5. The van der Waals surface area contributed by atoms with Crippen LogP contribution in [0.1, 0.15) is 28.7 Å². The Balaban J connectivity index is 1.21. The number of ether oxygens (including phenoxy) is 1. The van der Waals surface area contributed by atoms with Gasteiger partial charge >= 0.3 is 5.97 Å². The predicted molar refractivity (Wildman–Crippen MR) is 235 cm³/mol. The number of aliphatic carboxylic acids is 1. The quantitative estimate of drug-likeness (QED) is 0.113. The first-order chi connectivity index (χ1) is 30.2. The van der Waals surface area contributed by atoms with E-state index in [1.165, 1.54) is 0 Å². The highest BCUT2D eigenvalue weighted by atomic mass is 16.5. The molecule has 12 nitrogen and oxygen atoms in total. The molecule has 2 aliphatic rings. The van der Waals surface area contributed by atoms with Crippen LogP contribution in [0, 0.1) is 0 Å². The highest BCUT2D eigenvalue weighted by Crippen LogP contribution is 2.22. The van der Waals surface area contributed by atoms with Gasteiger partial charge in [0, 0.05) is 31.7 Å². The number of aryl methyl sites for hydroxylation is 1. The van der Waals surface area contributed by atoms with Crippen molar-refractivity contribution in [2.45, 2.75) is 56.3 Å². The number of benzene rings is 5. The average molecular weight is 830 g/mol. The van der Waals surface area contributed by atoms with Gasteiger partial charge in [-0.1, -0.05) is 121 Å². The fourth-order valence-corrected chi connectivity index (χ4v) is 7.32. The lowest BCUT2D eigenvalue weighted by Gasteiger charge is -2.26. The number of carboxylic acid groups (broad SMARTS) is 1. The van der Waals surface area contributed by atoms with Crippen LogP contribution in [-0.2, 0) is 49.7 Å². The summed E-state index contributed by atoms with van der Waals surface area (Å²) < 4.78 is 5.76. The molecule has 4 unspecified atom stereocenters. The number of rotatable bonds is 10. The van der Waals surface area contributed by atoms with Gasteiger partial charge in [0.2, 0.25) is 17.7 Å². The SMILES string of the molecule is O=C1COc2ccc(cc2)CC(C(=O)O)NC(=O)C(CCc2ccccc2)NC(=O)C(Cc2ccc(-c3ccccc3)cc2)NC(=O)C(Cc2ccc(-c3ccncc3)cc2)N1. The zero-order valence-electron chi connectivity index (χ0n) is 33.9. The molecule has 5 N–H and O–H groups in total. The van der Waals surface area contributed by atoms with E-state index >= 15 is 0 Å². The van der Waals surface area contributed by atoms with E-state index < -0.39 is 60.4 Å². The van der Waals surface area contributed by atoms with Crippen molar-refractivity contribution in [3.05, 3.63) is 180 Å². The van der Waals surface area contributed by atoms with Gasteiger partial charge in [0.15, 0.2) is 6.61 Å². The van der Waals surface area contributed by atoms with Crippen molar-refractivity contribution in [3.8, 4) is 28.0 Å². The Morgan fingerprint density at radius 1 is 0.548 bits per heavy atom. The number of carboxylic acids is 1. The van der Waals surface area contributed by atoms with E-state index in [1.807, 2.05) is 121 Å². The molecule has 0 fully saturated rings. The topological polar surface area (TPSA) is 176 Å². The van der Waals surface area contributed by atoms with E-state index in [0.717, 1.165) is 38.9 Å². The number of amides is 4. The maximum Gasteiger partial charge on any atom is 0.326 e. The highest BCUT2D eigenvalue weighted by molar-refractivity contribution is 5.95. The zero-order valence-corrected chi connectivity index (χ0v) is 33.9. The average Bonchev–Trinajstić information content (AvgIpc) is 3.30. The van der Waals surface area contributed by atoms with Gasteiger partial charge in [-0.2, -0.15) is 0 Å². The molecule has 2 bridgehead atoms. The molecule has 4 atom stereocenters. The first-order valence-corrected chi connectivity index (χ1v) is 20.5. The van der Waals surface area contributed by atoms with Crippen LogP contribution in [0.4, 0.5) is 0 Å². The van der Waals surface area contributed by atoms with Crippen LogP contribution in [0.5, 0.6) is 5.75 Å². The second kappa shape index (κ2) is 20.6. The normalized spacial score (nSPS) is 18.7.